The Kier molecular flexibility index (Phi) is 5.48. The quantitative estimate of drug-likeness (QED) is 0.440. The molecule has 24 heavy (non-hydrogen) atoms. The highest BCUT2D eigenvalue weighted by atomic mass is 127. The number of rotatable bonds is 5. The standard InChI is InChI=1S/C20H16INO2/c21-17-10-16(13-22-18-6-8-19(23)9-7-18)11-20(12-17)24-14-15-4-2-1-3-5-15/h1-13,23H,14H2. The molecule has 0 spiro atoms. The first-order valence-corrected chi connectivity index (χ1v) is 8.57. The van der Waals surface area contributed by atoms with Crippen molar-refractivity contribution in [2.75, 3.05) is 0 Å². The molecular weight excluding hydrogens is 413 g/mol. The average molecular weight is 429 g/mol. The summed E-state index contributed by atoms with van der Waals surface area (Å²) in [6, 6.07) is 22.9. The number of aromatic hydroxyl groups is 1. The second-order valence-electron chi connectivity index (χ2n) is 5.27. The molecule has 3 aromatic carbocycles. The number of benzene rings is 3. The fourth-order valence-corrected chi connectivity index (χ4v) is 2.84. The monoisotopic (exact) mass is 429 g/mol. The molecule has 0 atom stereocenters. The number of phenols is 1. The lowest BCUT2D eigenvalue weighted by Gasteiger charge is -2.08. The smallest absolute Gasteiger partial charge is 0.121 e. The van der Waals surface area contributed by atoms with Crippen LogP contribution in [0.2, 0.25) is 0 Å². The molecule has 0 saturated heterocycles. The van der Waals surface area contributed by atoms with Crippen LogP contribution in [-0.4, -0.2) is 11.3 Å². The minimum atomic E-state index is 0.236. The Balaban J connectivity index is 1.72. The van der Waals surface area contributed by atoms with Gasteiger partial charge in [0.1, 0.15) is 18.1 Å². The predicted molar refractivity (Wildman–Crippen MR) is 105 cm³/mol. The summed E-state index contributed by atoms with van der Waals surface area (Å²) >= 11 is 2.27. The van der Waals surface area contributed by atoms with E-state index in [1.54, 1.807) is 30.5 Å². The third-order valence-corrected chi connectivity index (χ3v) is 3.98. The minimum absolute atomic E-state index is 0.236. The van der Waals surface area contributed by atoms with Gasteiger partial charge >= 0.3 is 0 Å². The van der Waals surface area contributed by atoms with Gasteiger partial charge in [-0.1, -0.05) is 30.3 Å². The molecule has 120 valence electrons. The van der Waals surface area contributed by atoms with E-state index in [4.69, 9.17) is 4.74 Å². The average Bonchev–Trinajstić information content (AvgIpc) is 2.60. The first kappa shape index (κ1) is 16.5. The van der Waals surface area contributed by atoms with Gasteiger partial charge in [-0.2, -0.15) is 0 Å². The normalized spacial score (nSPS) is 10.9. The van der Waals surface area contributed by atoms with E-state index in [2.05, 4.69) is 27.6 Å². The topological polar surface area (TPSA) is 41.8 Å². The molecule has 0 aliphatic carbocycles. The summed E-state index contributed by atoms with van der Waals surface area (Å²) in [5.41, 5.74) is 2.90. The van der Waals surface area contributed by atoms with Crippen LogP contribution < -0.4 is 4.74 Å². The molecule has 0 aromatic heterocycles. The molecule has 0 fully saturated rings. The largest absolute Gasteiger partial charge is 0.508 e. The van der Waals surface area contributed by atoms with Crippen molar-refractivity contribution in [3.63, 3.8) is 0 Å². The van der Waals surface area contributed by atoms with Crippen LogP contribution in [0, 0.1) is 3.57 Å². The lowest BCUT2D eigenvalue weighted by molar-refractivity contribution is 0.306. The van der Waals surface area contributed by atoms with Gasteiger partial charge in [-0.25, -0.2) is 0 Å². The molecule has 4 heteroatoms. The van der Waals surface area contributed by atoms with Gasteiger partial charge in [0, 0.05) is 9.78 Å². The fraction of sp³-hybridized carbons (Fsp3) is 0.0500. The SMILES string of the molecule is Oc1ccc(N=Cc2cc(I)cc(OCc3ccccc3)c2)cc1. The van der Waals surface area contributed by atoms with Crippen LogP contribution in [0.5, 0.6) is 11.5 Å². The fourth-order valence-electron chi connectivity index (χ4n) is 2.17. The van der Waals surface area contributed by atoms with Crippen LogP contribution in [0.15, 0.2) is 77.8 Å². The zero-order valence-corrected chi connectivity index (χ0v) is 15.1. The third-order valence-electron chi connectivity index (χ3n) is 3.35. The molecule has 0 aliphatic heterocycles. The second-order valence-corrected chi connectivity index (χ2v) is 6.51. The van der Waals surface area contributed by atoms with E-state index in [0.717, 1.165) is 26.1 Å². The number of hydrogen-bond donors (Lipinski definition) is 1. The molecule has 3 nitrogen and oxygen atoms in total. The molecule has 3 aromatic rings. The van der Waals surface area contributed by atoms with Gasteiger partial charge in [-0.15, -0.1) is 0 Å². The van der Waals surface area contributed by atoms with Crippen molar-refractivity contribution in [2.24, 2.45) is 4.99 Å². The number of halogens is 1. The lowest BCUT2D eigenvalue weighted by atomic mass is 10.2. The van der Waals surface area contributed by atoms with E-state index in [1.165, 1.54) is 0 Å². The molecule has 0 bridgehead atoms. The lowest BCUT2D eigenvalue weighted by Crippen LogP contribution is -1.96. The van der Waals surface area contributed by atoms with Crippen molar-refractivity contribution < 1.29 is 9.84 Å². The van der Waals surface area contributed by atoms with Crippen molar-refractivity contribution in [3.05, 3.63) is 87.5 Å². The summed E-state index contributed by atoms with van der Waals surface area (Å²) < 4.78 is 6.97. The molecule has 0 radical (unpaired) electrons. The Morgan fingerprint density at radius 3 is 2.46 bits per heavy atom. The van der Waals surface area contributed by atoms with Crippen LogP contribution in [0.25, 0.3) is 0 Å². The summed E-state index contributed by atoms with van der Waals surface area (Å²) in [5.74, 6) is 1.05. The Hall–Kier alpha value is -2.34. The molecule has 0 saturated carbocycles. The zero-order chi connectivity index (χ0) is 16.8. The van der Waals surface area contributed by atoms with E-state index < -0.39 is 0 Å². The Labute approximate surface area is 154 Å². The van der Waals surface area contributed by atoms with E-state index in [9.17, 15) is 5.11 Å². The predicted octanol–water partition coefficient (Wildman–Crippen LogP) is 5.33. The maximum absolute atomic E-state index is 9.30. The highest BCUT2D eigenvalue weighted by Gasteiger charge is 2.00. The minimum Gasteiger partial charge on any atom is -0.508 e. The van der Waals surface area contributed by atoms with Crippen molar-refractivity contribution in [1.82, 2.24) is 0 Å². The molecule has 0 unspecified atom stereocenters. The van der Waals surface area contributed by atoms with Crippen LogP contribution in [-0.2, 0) is 6.61 Å². The van der Waals surface area contributed by atoms with Gasteiger partial charge in [0.25, 0.3) is 0 Å². The maximum Gasteiger partial charge on any atom is 0.121 e. The molecule has 3 rings (SSSR count). The Morgan fingerprint density at radius 1 is 0.958 bits per heavy atom. The summed E-state index contributed by atoms with van der Waals surface area (Å²) in [6.45, 7) is 0.537. The number of hydrogen-bond acceptors (Lipinski definition) is 3. The van der Waals surface area contributed by atoms with Gasteiger partial charge in [-0.3, -0.25) is 4.99 Å². The van der Waals surface area contributed by atoms with Crippen molar-refractivity contribution in [1.29, 1.82) is 0 Å². The van der Waals surface area contributed by atoms with Crippen molar-refractivity contribution in [2.45, 2.75) is 6.61 Å². The molecule has 0 amide bonds. The van der Waals surface area contributed by atoms with Gasteiger partial charge in [0.15, 0.2) is 0 Å². The van der Waals surface area contributed by atoms with Crippen molar-refractivity contribution >= 4 is 34.5 Å². The summed E-state index contributed by atoms with van der Waals surface area (Å²) in [5, 5.41) is 9.30. The number of nitrogens with zero attached hydrogens (tertiary/aromatic N) is 1. The van der Waals surface area contributed by atoms with E-state index in [1.807, 2.05) is 48.5 Å². The number of phenolic OH excluding ortho intramolecular Hbond substituents is 1. The number of aliphatic imine (C=N–C) groups is 1. The van der Waals surface area contributed by atoms with E-state index >= 15 is 0 Å². The highest BCUT2D eigenvalue weighted by molar-refractivity contribution is 14.1. The Bertz CT molecular complexity index is 830. The van der Waals surface area contributed by atoms with Gasteiger partial charge in [0.2, 0.25) is 0 Å². The summed E-state index contributed by atoms with van der Waals surface area (Å²) in [6.07, 6.45) is 1.80. The third kappa shape index (κ3) is 4.83. The van der Waals surface area contributed by atoms with E-state index in [0.29, 0.717) is 6.61 Å². The van der Waals surface area contributed by atoms with Crippen LogP contribution in [0.4, 0.5) is 5.69 Å². The zero-order valence-electron chi connectivity index (χ0n) is 12.9. The second kappa shape index (κ2) is 7.97. The number of ether oxygens (including phenoxy) is 1. The van der Waals surface area contributed by atoms with E-state index in [-0.39, 0.29) is 5.75 Å². The van der Waals surface area contributed by atoms with Crippen LogP contribution in [0.3, 0.4) is 0 Å². The first-order chi connectivity index (χ1) is 11.7. The van der Waals surface area contributed by atoms with Crippen molar-refractivity contribution in [3.8, 4) is 11.5 Å². The summed E-state index contributed by atoms with van der Waals surface area (Å²) in [4.78, 5) is 4.42. The Morgan fingerprint density at radius 2 is 1.71 bits per heavy atom. The molecule has 0 aliphatic rings. The molecular formula is C20H16INO2. The molecule has 0 heterocycles. The first-order valence-electron chi connectivity index (χ1n) is 7.49. The van der Waals surface area contributed by atoms with Gasteiger partial charge in [-0.05, 0) is 76.2 Å². The summed E-state index contributed by atoms with van der Waals surface area (Å²) in [7, 11) is 0. The molecule has 1 N–H and O–H groups in total. The van der Waals surface area contributed by atoms with Gasteiger partial charge < -0.3 is 9.84 Å². The van der Waals surface area contributed by atoms with Gasteiger partial charge in [0.05, 0.1) is 5.69 Å². The van der Waals surface area contributed by atoms with Crippen LogP contribution in [0.1, 0.15) is 11.1 Å². The maximum atomic E-state index is 9.30. The van der Waals surface area contributed by atoms with Crippen LogP contribution >= 0.6 is 22.6 Å². The highest BCUT2D eigenvalue weighted by Crippen LogP contribution is 2.21.